The monoisotopic (exact) mass is 501 g/mol. The number of urea groups is 1. The third kappa shape index (κ3) is 6.27. The molecule has 3 aromatic rings. The molecule has 2 aromatic heterocycles. The number of carbonyl (C=O) groups excluding carboxylic acids is 2. The highest BCUT2D eigenvalue weighted by Crippen LogP contribution is 2.34. The molecule has 0 saturated carbocycles. The van der Waals surface area contributed by atoms with Crippen molar-refractivity contribution in [1.82, 2.24) is 15.5 Å². The minimum Gasteiger partial charge on any atom is -0.481 e. The zero-order valence-electron chi connectivity index (χ0n) is 18.1. The molecule has 0 radical (unpaired) electrons. The van der Waals surface area contributed by atoms with E-state index in [0.717, 1.165) is 9.75 Å². The SMILES string of the molecule is O=C(O)CC(NC(=O)NCC(=O)N(Cc1cccs1)Cc1cccs1)c1ccc2c(c1)OCO2. The summed E-state index contributed by atoms with van der Waals surface area (Å²) in [5.74, 6) is -0.264. The number of thiophene rings is 2. The Morgan fingerprint density at radius 3 is 2.29 bits per heavy atom. The summed E-state index contributed by atoms with van der Waals surface area (Å²) in [6.45, 7) is 0.752. The number of carboxylic acid groups (broad SMARTS) is 1. The van der Waals surface area contributed by atoms with Crippen LogP contribution in [0.1, 0.15) is 27.8 Å². The van der Waals surface area contributed by atoms with Crippen molar-refractivity contribution in [1.29, 1.82) is 0 Å². The summed E-state index contributed by atoms with van der Waals surface area (Å²) in [5.41, 5.74) is 0.560. The molecule has 4 rings (SSSR count). The molecule has 3 amide bonds. The van der Waals surface area contributed by atoms with Gasteiger partial charge in [-0.2, -0.15) is 0 Å². The van der Waals surface area contributed by atoms with E-state index in [4.69, 9.17) is 9.47 Å². The van der Waals surface area contributed by atoms with Crippen molar-refractivity contribution in [3.63, 3.8) is 0 Å². The summed E-state index contributed by atoms with van der Waals surface area (Å²) in [5, 5.41) is 18.4. The Labute approximate surface area is 203 Å². The van der Waals surface area contributed by atoms with Crippen LogP contribution < -0.4 is 20.1 Å². The summed E-state index contributed by atoms with van der Waals surface area (Å²) in [4.78, 5) is 40.6. The second-order valence-corrected chi connectivity index (χ2v) is 9.56. The van der Waals surface area contributed by atoms with Gasteiger partial charge in [0.05, 0.1) is 32.1 Å². The molecule has 1 aliphatic rings. The van der Waals surface area contributed by atoms with Gasteiger partial charge in [0.25, 0.3) is 0 Å². The van der Waals surface area contributed by atoms with Gasteiger partial charge in [-0.25, -0.2) is 4.79 Å². The van der Waals surface area contributed by atoms with Crippen molar-refractivity contribution >= 4 is 40.6 Å². The Kier molecular flexibility index (Phi) is 7.65. The van der Waals surface area contributed by atoms with E-state index in [9.17, 15) is 19.5 Å². The smallest absolute Gasteiger partial charge is 0.315 e. The molecule has 178 valence electrons. The Hall–Kier alpha value is -3.57. The summed E-state index contributed by atoms with van der Waals surface area (Å²) >= 11 is 3.12. The van der Waals surface area contributed by atoms with Gasteiger partial charge in [0, 0.05) is 9.75 Å². The molecule has 0 bridgehead atoms. The average Bonchev–Trinajstić information content (AvgIpc) is 3.58. The van der Waals surface area contributed by atoms with E-state index in [0.29, 0.717) is 30.2 Å². The van der Waals surface area contributed by atoms with Gasteiger partial charge in [0.2, 0.25) is 12.7 Å². The molecule has 0 spiro atoms. The number of hydrogen-bond donors (Lipinski definition) is 3. The molecule has 0 saturated heterocycles. The normalized spacial score (nSPS) is 12.7. The third-order valence-electron chi connectivity index (χ3n) is 5.09. The van der Waals surface area contributed by atoms with E-state index in [-0.39, 0.29) is 25.7 Å². The molecule has 0 aliphatic carbocycles. The van der Waals surface area contributed by atoms with E-state index >= 15 is 0 Å². The number of ether oxygens (including phenoxy) is 2. The van der Waals surface area contributed by atoms with E-state index < -0.39 is 18.0 Å². The molecule has 1 unspecified atom stereocenters. The number of aliphatic carboxylic acids is 1. The molecule has 1 atom stereocenters. The first-order valence-electron chi connectivity index (χ1n) is 10.5. The van der Waals surface area contributed by atoms with Gasteiger partial charge in [0.15, 0.2) is 11.5 Å². The van der Waals surface area contributed by atoms with Gasteiger partial charge in [-0.3, -0.25) is 9.59 Å². The maximum Gasteiger partial charge on any atom is 0.315 e. The van der Waals surface area contributed by atoms with Gasteiger partial charge in [-0.05, 0) is 40.6 Å². The summed E-state index contributed by atoms with van der Waals surface area (Å²) in [7, 11) is 0. The maximum absolute atomic E-state index is 12.9. The number of nitrogens with zero attached hydrogens (tertiary/aromatic N) is 1. The van der Waals surface area contributed by atoms with Crippen molar-refractivity contribution < 1.29 is 29.0 Å². The number of rotatable bonds is 10. The van der Waals surface area contributed by atoms with Crippen LogP contribution in [0.5, 0.6) is 11.5 Å². The largest absolute Gasteiger partial charge is 0.481 e. The highest BCUT2D eigenvalue weighted by Gasteiger charge is 2.23. The van der Waals surface area contributed by atoms with Gasteiger partial charge >= 0.3 is 12.0 Å². The Morgan fingerprint density at radius 1 is 1.00 bits per heavy atom. The van der Waals surface area contributed by atoms with Crippen molar-refractivity contribution in [2.24, 2.45) is 0 Å². The molecule has 0 fully saturated rings. The standard InChI is InChI=1S/C23H23N3O6S2/c27-21(26(12-16-3-1-7-33-16)13-17-4-2-8-34-17)11-24-23(30)25-18(10-22(28)29)15-5-6-19-20(9-15)32-14-31-19/h1-9,18H,10-14H2,(H,28,29)(H2,24,25,30). The Bertz CT molecular complexity index is 1100. The fraction of sp³-hybridized carbons (Fsp3) is 0.261. The summed E-state index contributed by atoms with van der Waals surface area (Å²) < 4.78 is 10.6. The lowest BCUT2D eigenvalue weighted by atomic mass is 10.0. The fourth-order valence-corrected chi connectivity index (χ4v) is 4.89. The van der Waals surface area contributed by atoms with Crippen LogP contribution in [0.2, 0.25) is 0 Å². The first kappa shape index (κ1) is 23.6. The van der Waals surface area contributed by atoms with Gasteiger partial charge in [0.1, 0.15) is 0 Å². The fourth-order valence-electron chi connectivity index (χ4n) is 3.45. The van der Waals surface area contributed by atoms with E-state index in [1.54, 1.807) is 45.8 Å². The van der Waals surface area contributed by atoms with Crippen LogP contribution in [0.25, 0.3) is 0 Å². The number of nitrogens with one attached hydrogen (secondary N) is 2. The molecular formula is C23H23N3O6S2. The maximum atomic E-state index is 12.9. The zero-order chi connectivity index (χ0) is 23.9. The van der Waals surface area contributed by atoms with Crippen LogP contribution in [0.3, 0.4) is 0 Å². The van der Waals surface area contributed by atoms with Crippen molar-refractivity contribution in [3.8, 4) is 11.5 Å². The number of hydrogen-bond acceptors (Lipinski definition) is 7. The first-order chi connectivity index (χ1) is 16.5. The van der Waals surface area contributed by atoms with Crippen molar-refractivity contribution in [2.75, 3.05) is 13.3 Å². The second kappa shape index (κ2) is 11.0. The minimum absolute atomic E-state index is 0.0891. The van der Waals surface area contributed by atoms with E-state index in [1.807, 2.05) is 35.0 Å². The molecule has 11 heteroatoms. The minimum atomic E-state index is -1.07. The molecular weight excluding hydrogens is 478 g/mol. The van der Waals surface area contributed by atoms with Gasteiger partial charge < -0.3 is 30.1 Å². The predicted octanol–water partition coefficient (Wildman–Crippen LogP) is 3.58. The second-order valence-electron chi connectivity index (χ2n) is 7.50. The van der Waals surface area contributed by atoms with E-state index in [2.05, 4.69) is 10.6 Å². The van der Waals surface area contributed by atoms with Crippen LogP contribution in [0.15, 0.2) is 53.2 Å². The molecule has 3 N–H and O–H groups in total. The third-order valence-corrected chi connectivity index (χ3v) is 6.81. The summed E-state index contributed by atoms with van der Waals surface area (Å²) in [6, 6.07) is 11.3. The van der Waals surface area contributed by atoms with Crippen LogP contribution in [0, 0.1) is 0 Å². The molecule has 9 nitrogen and oxygen atoms in total. The van der Waals surface area contributed by atoms with Crippen molar-refractivity contribution in [2.45, 2.75) is 25.6 Å². The van der Waals surface area contributed by atoms with Gasteiger partial charge in [-0.1, -0.05) is 18.2 Å². The Balaban J connectivity index is 1.37. The molecule has 34 heavy (non-hydrogen) atoms. The lowest BCUT2D eigenvalue weighted by Gasteiger charge is -2.23. The van der Waals surface area contributed by atoms with Crippen LogP contribution >= 0.6 is 22.7 Å². The lowest BCUT2D eigenvalue weighted by Crippen LogP contribution is -2.44. The average molecular weight is 502 g/mol. The quantitative estimate of drug-likeness (QED) is 0.391. The highest BCUT2D eigenvalue weighted by molar-refractivity contribution is 7.10. The Morgan fingerprint density at radius 2 is 1.68 bits per heavy atom. The highest BCUT2D eigenvalue weighted by atomic mass is 32.1. The topological polar surface area (TPSA) is 117 Å². The lowest BCUT2D eigenvalue weighted by molar-refractivity contribution is -0.137. The molecule has 1 aromatic carbocycles. The number of carbonyl (C=O) groups is 3. The predicted molar refractivity (Wildman–Crippen MR) is 127 cm³/mol. The van der Waals surface area contributed by atoms with Crippen molar-refractivity contribution in [3.05, 3.63) is 68.5 Å². The number of amides is 3. The number of fused-ring (bicyclic) bond motifs is 1. The molecule has 3 heterocycles. The number of carboxylic acids is 1. The van der Waals surface area contributed by atoms with E-state index in [1.165, 1.54) is 0 Å². The van der Waals surface area contributed by atoms with Crippen LogP contribution in [0.4, 0.5) is 4.79 Å². The zero-order valence-corrected chi connectivity index (χ0v) is 19.7. The number of benzene rings is 1. The van der Waals surface area contributed by atoms with Crippen LogP contribution in [-0.4, -0.2) is 41.3 Å². The first-order valence-corrected chi connectivity index (χ1v) is 12.2. The molecule has 1 aliphatic heterocycles. The van der Waals surface area contributed by atoms with Crippen LogP contribution in [-0.2, 0) is 22.7 Å². The summed E-state index contributed by atoms with van der Waals surface area (Å²) in [6.07, 6.45) is -0.329. The van der Waals surface area contributed by atoms with Gasteiger partial charge in [-0.15, -0.1) is 22.7 Å².